The first-order valence-corrected chi connectivity index (χ1v) is 7.62. The fourth-order valence-electron chi connectivity index (χ4n) is 2.18. The highest BCUT2D eigenvalue weighted by atomic mass is 16.2. The third-order valence-electron chi connectivity index (χ3n) is 3.70. The first-order chi connectivity index (χ1) is 8.60. The highest BCUT2D eigenvalue weighted by Gasteiger charge is 2.18. The van der Waals surface area contributed by atoms with Crippen LogP contribution in [0.2, 0.25) is 0 Å². The normalized spacial score (nSPS) is 14.3. The Labute approximate surface area is 113 Å². The van der Waals surface area contributed by atoms with Crippen molar-refractivity contribution in [3.8, 4) is 0 Å². The number of likely N-dealkylation sites (N-methyl/N-ethyl adjacent to an activating group) is 1. The quantitative estimate of drug-likeness (QED) is 0.651. The van der Waals surface area contributed by atoms with Crippen LogP contribution in [0.4, 0.5) is 0 Å². The zero-order chi connectivity index (χ0) is 14.0. The van der Waals surface area contributed by atoms with Crippen LogP contribution in [0.25, 0.3) is 0 Å². The number of unbranched alkanes of at least 4 members (excludes halogenated alkanes) is 1. The predicted octanol–water partition coefficient (Wildman–Crippen LogP) is 3.05. The van der Waals surface area contributed by atoms with E-state index in [1.54, 1.807) is 0 Å². The van der Waals surface area contributed by atoms with E-state index in [4.69, 9.17) is 0 Å². The maximum atomic E-state index is 12.1. The van der Waals surface area contributed by atoms with Gasteiger partial charge in [-0.25, -0.2) is 0 Å². The highest BCUT2D eigenvalue weighted by molar-refractivity contribution is 5.81. The smallest absolute Gasteiger partial charge is 0.239 e. The summed E-state index contributed by atoms with van der Waals surface area (Å²) in [5.41, 5.74) is 0. The molecule has 0 aromatic carbocycles. The van der Waals surface area contributed by atoms with Crippen LogP contribution in [0.1, 0.15) is 60.3 Å². The van der Waals surface area contributed by atoms with Crippen LogP contribution in [0, 0.1) is 5.92 Å². The lowest BCUT2D eigenvalue weighted by Gasteiger charge is -2.25. The molecule has 1 amide bonds. The predicted molar refractivity (Wildman–Crippen MR) is 78.7 cm³/mol. The van der Waals surface area contributed by atoms with Crippen molar-refractivity contribution >= 4 is 5.91 Å². The van der Waals surface area contributed by atoms with E-state index in [1.165, 1.54) is 25.7 Å². The summed E-state index contributed by atoms with van der Waals surface area (Å²) in [6.45, 7) is 13.1. The standard InChI is InChI=1S/C15H32N2O/c1-6-10-11-14(7-2)12-16-13(5)15(18)17(8-3)9-4/h13-14,16H,6-12H2,1-5H3. The molecule has 0 saturated heterocycles. The van der Waals surface area contributed by atoms with Gasteiger partial charge in [-0.05, 0) is 39.7 Å². The Morgan fingerprint density at radius 1 is 1.17 bits per heavy atom. The van der Waals surface area contributed by atoms with Gasteiger partial charge in [0.1, 0.15) is 0 Å². The van der Waals surface area contributed by atoms with Crippen molar-refractivity contribution in [1.82, 2.24) is 10.2 Å². The first kappa shape index (κ1) is 17.4. The molecule has 0 bridgehead atoms. The lowest BCUT2D eigenvalue weighted by atomic mass is 9.99. The molecule has 0 saturated carbocycles. The number of hydrogen-bond donors (Lipinski definition) is 1. The van der Waals surface area contributed by atoms with Crippen molar-refractivity contribution in [3.05, 3.63) is 0 Å². The molecular weight excluding hydrogens is 224 g/mol. The number of carbonyl (C=O) groups is 1. The van der Waals surface area contributed by atoms with Gasteiger partial charge in [-0.1, -0.05) is 33.1 Å². The van der Waals surface area contributed by atoms with Crippen LogP contribution in [-0.2, 0) is 4.79 Å². The lowest BCUT2D eigenvalue weighted by Crippen LogP contribution is -2.46. The summed E-state index contributed by atoms with van der Waals surface area (Å²) in [6, 6.07) is -0.0550. The van der Waals surface area contributed by atoms with Crippen LogP contribution in [0.15, 0.2) is 0 Å². The summed E-state index contributed by atoms with van der Waals surface area (Å²) in [6.07, 6.45) is 5.01. The van der Waals surface area contributed by atoms with Crippen LogP contribution >= 0.6 is 0 Å². The highest BCUT2D eigenvalue weighted by Crippen LogP contribution is 2.11. The van der Waals surface area contributed by atoms with E-state index in [0.29, 0.717) is 5.92 Å². The van der Waals surface area contributed by atoms with Crippen molar-refractivity contribution in [2.24, 2.45) is 5.92 Å². The average molecular weight is 256 g/mol. The van der Waals surface area contributed by atoms with Crippen molar-refractivity contribution in [1.29, 1.82) is 0 Å². The Hall–Kier alpha value is -0.570. The van der Waals surface area contributed by atoms with Crippen molar-refractivity contribution in [2.45, 2.75) is 66.3 Å². The molecule has 1 N–H and O–H groups in total. The molecule has 0 rings (SSSR count). The van der Waals surface area contributed by atoms with Gasteiger partial charge in [0.25, 0.3) is 0 Å². The molecule has 2 unspecified atom stereocenters. The van der Waals surface area contributed by atoms with Crippen LogP contribution < -0.4 is 5.32 Å². The number of hydrogen-bond acceptors (Lipinski definition) is 2. The summed E-state index contributed by atoms with van der Waals surface area (Å²) in [7, 11) is 0. The van der Waals surface area contributed by atoms with Crippen LogP contribution in [0.3, 0.4) is 0 Å². The van der Waals surface area contributed by atoms with Gasteiger partial charge in [0.15, 0.2) is 0 Å². The second kappa shape index (κ2) is 10.4. The van der Waals surface area contributed by atoms with Gasteiger partial charge < -0.3 is 10.2 Å². The van der Waals surface area contributed by atoms with E-state index in [-0.39, 0.29) is 11.9 Å². The lowest BCUT2D eigenvalue weighted by molar-refractivity contribution is -0.132. The molecule has 108 valence electrons. The number of carbonyl (C=O) groups excluding carboxylic acids is 1. The number of nitrogens with zero attached hydrogens (tertiary/aromatic N) is 1. The second-order valence-corrected chi connectivity index (χ2v) is 5.06. The molecule has 0 aromatic heterocycles. The third-order valence-corrected chi connectivity index (χ3v) is 3.70. The third kappa shape index (κ3) is 6.39. The van der Waals surface area contributed by atoms with E-state index in [1.807, 2.05) is 25.7 Å². The zero-order valence-corrected chi connectivity index (χ0v) is 13.0. The van der Waals surface area contributed by atoms with Gasteiger partial charge in [-0.2, -0.15) is 0 Å². The number of rotatable bonds is 10. The monoisotopic (exact) mass is 256 g/mol. The summed E-state index contributed by atoms with van der Waals surface area (Å²) >= 11 is 0. The van der Waals surface area contributed by atoms with Gasteiger partial charge in [-0.15, -0.1) is 0 Å². The summed E-state index contributed by atoms with van der Waals surface area (Å²) in [4.78, 5) is 14.0. The minimum atomic E-state index is -0.0550. The molecule has 0 aliphatic heterocycles. The average Bonchev–Trinajstić information content (AvgIpc) is 2.39. The van der Waals surface area contributed by atoms with E-state index >= 15 is 0 Å². The summed E-state index contributed by atoms with van der Waals surface area (Å²) in [5.74, 6) is 0.933. The Morgan fingerprint density at radius 2 is 1.78 bits per heavy atom. The molecule has 3 heteroatoms. The van der Waals surface area contributed by atoms with Crippen molar-refractivity contribution in [2.75, 3.05) is 19.6 Å². The van der Waals surface area contributed by atoms with Crippen molar-refractivity contribution < 1.29 is 4.79 Å². The Kier molecular flexibility index (Phi) is 10.0. The fourth-order valence-corrected chi connectivity index (χ4v) is 2.18. The molecule has 18 heavy (non-hydrogen) atoms. The largest absolute Gasteiger partial charge is 0.342 e. The van der Waals surface area contributed by atoms with E-state index in [9.17, 15) is 4.79 Å². The summed E-state index contributed by atoms with van der Waals surface area (Å²) < 4.78 is 0. The Balaban J connectivity index is 4.06. The SMILES string of the molecule is CCCCC(CC)CNC(C)C(=O)N(CC)CC. The Morgan fingerprint density at radius 3 is 2.22 bits per heavy atom. The molecule has 0 radical (unpaired) electrons. The van der Waals surface area contributed by atoms with Crippen LogP contribution in [-0.4, -0.2) is 36.5 Å². The molecule has 0 heterocycles. The molecule has 0 spiro atoms. The second-order valence-electron chi connectivity index (χ2n) is 5.06. The zero-order valence-electron chi connectivity index (χ0n) is 13.0. The Bertz CT molecular complexity index is 215. The molecule has 0 fully saturated rings. The van der Waals surface area contributed by atoms with E-state index in [0.717, 1.165) is 19.6 Å². The van der Waals surface area contributed by atoms with Gasteiger partial charge in [0.05, 0.1) is 6.04 Å². The van der Waals surface area contributed by atoms with Gasteiger partial charge in [0, 0.05) is 13.1 Å². The van der Waals surface area contributed by atoms with Gasteiger partial charge >= 0.3 is 0 Å². The minimum Gasteiger partial charge on any atom is -0.342 e. The number of amides is 1. The maximum Gasteiger partial charge on any atom is 0.239 e. The van der Waals surface area contributed by atoms with E-state index in [2.05, 4.69) is 19.2 Å². The molecular formula is C15H32N2O. The van der Waals surface area contributed by atoms with Crippen molar-refractivity contribution in [3.63, 3.8) is 0 Å². The van der Waals surface area contributed by atoms with Crippen LogP contribution in [0.5, 0.6) is 0 Å². The fraction of sp³-hybridized carbons (Fsp3) is 0.933. The molecule has 3 nitrogen and oxygen atoms in total. The minimum absolute atomic E-state index is 0.0550. The summed E-state index contributed by atoms with van der Waals surface area (Å²) in [5, 5.41) is 3.40. The molecule has 0 aliphatic carbocycles. The van der Waals surface area contributed by atoms with Gasteiger partial charge in [0.2, 0.25) is 5.91 Å². The van der Waals surface area contributed by atoms with E-state index < -0.39 is 0 Å². The molecule has 0 aliphatic rings. The molecule has 0 aromatic rings. The molecule has 2 atom stereocenters. The topological polar surface area (TPSA) is 32.3 Å². The number of nitrogens with one attached hydrogen (secondary N) is 1. The maximum absolute atomic E-state index is 12.1. The van der Waals surface area contributed by atoms with Gasteiger partial charge in [-0.3, -0.25) is 4.79 Å². The first-order valence-electron chi connectivity index (χ1n) is 7.62.